The van der Waals surface area contributed by atoms with E-state index in [0.29, 0.717) is 11.4 Å². The van der Waals surface area contributed by atoms with Crippen molar-refractivity contribution in [1.29, 1.82) is 0 Å². The number of anilines is 1. The summed E-state index contributed by atoms with van der Waals surface area (Å²) in [5.41, 5.74) is 9.24. The number of methoxy groups -OCH3 is 1. The number of carbonyl (C=O) groups is 1. The van der Waals surface area contributed by atoms with Crippen LogP contribution in [-0.2, 0) is 0 Å². The number of nitrogens with zero attached hydrogens (tertiary/aromatic N) is 6. The summed E-state index contributed by atoms with van der Waals surface area (Å²) in [4.78, 5) is 12.2. The smallest absolute Gasteiger partial charge is 0.293 e. The van der Waals surface area contributed by atoms with Gasteiger partial charge in [-0.3, -0.25) is 4.79 Å². The molecule has 11 nitrogen and oxygen atoms in total. The molecule has 3 rings (SSSR count). The molecule has 0 radical (unpaired) electrons. The van der Waals surface area contributed by atoms with Crippen molar-refractivity contribution in [2.75, 3.05) is 12.8 Å². The van der Waals surface area contributed by atoms with Gasteiger partial charge in [0.05, 0.1) is 19.0 Å². The number of hydrazone groups is 1. The van der Waals surface area contributed by atoms with Crippen LogP contribution >= 0.6 is 0 Å². The average molecular weight is 342 g/mol. The number of nitrogens with one attached hydrogen (secondary N) is 1. The van der Waals surface area contributed by atoms with Crippen molar-refractivity contribution >= 4 is 17.9 Å². The van der Waals surface area contributed by atoms with E-state index in [9.17, 15) is 4.79 Å². The molecule has 2 aromatic heterocycles. The van der Waals surface area contributed by atoms with Crippen molar-refractivity contribution in [1.82, 2.24) is 30.7 Å². The molecule has 0 unspecified atom stereocenters. The van der Waals surface area contributed by atoms with Gasteiger partial charge in [0.25, 0.3) is 5.91 Å². The molecular weight excluding hydrogens is 328 g/mol. The lowest BCUT2D eigenvalue weighted by Gasteiger charge is -2.00. The van der Waals surface area contributed by atoms with Crippen LogP contribution in [0, 0.1) is 6.92 Å². The summed E-state index contributed by atoms with van der Waals surface area (Å²) in [5, 5.41) is 18.6. The zero-order valence-electron chi connectivity index (χ0n) is 13.4. The van der Waals surface area contributed by atoms with Crippen LogP contribution in [0.5, 0.6) is 5.75 Å². The van der Waals surface area contributed by atoms with Crippen LogP contribution in [-0.4, -0.2) is 44.5 Å². The van der Waals surface area contributed by atoms with Gasteiger partial charge >= 0.3 is 0 Å². The van der Waals surface area contributed by atoms with Crippen LogP contribution in [0.4, 0.5) is 5.82 Å². The lowest BCUT2D eigenvalue weighted by atomic mass is 10.2. The molecule has 3 N–H and O–H groups in total. The summed E-state index contributed by atoms with van der Waals surface area (Å²) in [7, 11) is 1.57. The maximum atomic E-state index is 12.2. The van der Waals surface area contributed by atoms with E-state index in [1.807, 2.05) is 18.2 Å². The molecule has 0 atom stereocenters. The van der Waals surface area contributed by atoms with Crippen LogP contribution in [0.1, 0.15) is 21.7 Å². The Morgan fingerprint density at radius 2 is 2.28 bits per heavy atom. The predicted molar refractivity (Wildman–Crippen MR) is 86.4 cm³/mol. The highest BCUT2D eigenvalue weighted by Crippen LogP contribution is 2.14. The fraction of sp³-hybridized carbons (Fsp3) is 0.143. The molecule has 0 aliphatic carbocycles. The summed E-state index contributed by atoms with van der Waals surface area (Å²) in [6.45, 7) is 1.63. The van der Waals surface area contributed by atoms with Crippen molar-refractivity contribution in [3.8, 4) is 11.6 Å². The van der Waals surface area contributed by atoms with Crippen LogP contribution < -0.4 is 15.9 Å². The molecule has 0 bridgehead atoms. The number of aromatic nitrogens is 5. The molecule has 0 saturated heterocycles. The van der Waals surface area contributed by atoms with E-state index in [1.165, 1.54) is 10.9 Å². The molecule has 0 fully saturated rings. The van der Waals surface area contributed by atoms with Gasteiger partial charge in [0.2, 0.25) is 11.6 Å². The Balaban J connectivity index is 1.73. The minimum absolute atomic E-state index is 0.0380. The molecule has 2 heterocycles. The van der Waals surface area contributed by atoms with Gasteiger partial charge in [-0.25, -0.2) is 10.1 Å². The van der Waals surface area contributed by atoms with Gasteiger partial charge in [-0.2, -0.15) is 9.78 Å². The molecule has 3 aromatic rings. The maximum absolute atomic E-state index is 12.2. The Morgan fingerprint density at radius 1 is 1.44 bits per heavy atom. The molecule has 0 aliphatic rings. The topological polar surface area (TPSA) is 146 Å². The van der Waals surface area contributed by atoms with Gasteiger partial charge in [0, 0.05) is 0 Å². The second-order valence-electron chi connectivity index (χ2n) is 4.88. The fourth-order valence-electron chi connectivity index (χ4n) is 2.02. The van der Waals surface area contributed by atoms with E-state index in [-0.39, 0.29) is 17.3 Å². The second kappa shape index (κ2) is 6.78. The van der Waals surface area contributed by atoms with E-state index in [1.54, 1.807) is 20.1 Å². The highest BCUT2D eigenvalue weighted by Gasteiger charge is 2.20. The first-order chi connectivity index (χ1) is 12.1. The molecule has 11 heteroatoms. The quantitative estimate of drug-likeness (QED) is 0.497. The number of nitrogen functional groups attached to an aromatic ring is 1. The summed E-state index contributed by atoms with van der Waals surface area (Å²) >= 11 is 0. The number of carbonyl (C=O) groups excluding carboxylic acids is 1. The van der Waals surface area contributed by atoms with Crippen molar-refractivity contribution in [3.63, 3.8) is 0 Å². The lowest BCUT2D eigenvalue weighted by Crippen LogP contribution is -2.19. The maximum Gasteiger partial charge on any atom is 0.293 e. The van der Waals surface area contributed by atoms with Crippen molar-refractivity contribution < 1.29 is 14.2 Å². The van der Waals surface area contributed by atoms with Gasteiger partial charge in [0.1, 0.15) is 5.75 Å². The molecule has 0 spiro atoms. The third-order valence-corrected chi connectivity index (χ3v) is 3.28. The minimum atomic E-state index is -0.530. The number of hydrogen-bond donors (Lipinski definition) is 2. The number of amides is 1. The number of nitrogens with two attached hydrogens (primary N) is 1. The monoisotopic (exact) mass is 342 g/mol. The van der Waals surface area contributed by atoms with E-state index in [4.69, 9.17) is 10.5 Å². The lowest BCUT2D eigenvalue weighted by molar-refractivity contribution is 0.0949. The highest BCUT2D eigenvalue weighted by atomic mass is 16.6. The first-order valence-corrected chi connectivity index (χ1v) is 7.08. The average Bonchev–Trinajstić information content (AvgIpc) is 3.20. The minimum Gasteiger partial charge on any atom is -0.497 e. The summed E-state index contributed by atoms with van der Waals surface area (Å²) in [5.74, 6) is 0.353. The molecule has 1 amide bonds. The molecular formula is C14H14N8O3. The zero-order chi connectivity index (χ0) is 17.8. The molecule has 0 saturated carbocycles. The number of ether oxygens (including phenoxy) is 1. The van der Waals surface area contributed by atoms with Gasteiger partial charge < -0.3 is 10.5 Å². The van der Waals surface area contributed by atoms with Crippen LogP contribution in [0.15, 0.2) is 34.0 Å². The van der Waals surface area contributed by atoms with Crippen molar-refractivity contribution in [2.24, 2.45) is 5.10 Å². The summed E-state index contributed by atoms with van der Waals surface area (Å²) in [6, 6.07) is 7.22. The second-order valence-corrected chi connectivity index (χ2v) is 4.88. The number of benzene rings is 1. The van der Waals surface area contributed by atoms with E-state index in [0.717, 1.165) is 5.56 Å². The summed E-state index contributed by atoms with van der Waals surface area (Å²) < 4.78 is 10.9. The first-order valence-electron chi connectivity index (χ1n) is 7.08. The Labute approximate surface area is 141 Å². The van der Waals surface area contributed by atoms with Gasteiger partial charge in [-0.1, -0.05) is 17.3 Å². The van der Waals surface area contributed by atoms with Crippen LogP contribution in [0.3, 0.4) is 0 Å². The molecule has 128 valence electrons. The normalized spacial score (nSPS) is 11.0. The van der Waals surface area contributed by atoms with Crippen molar-refractivity contribution in [3.05, 3.63) is 41.2 Å². The largest absolute Gasteiger partial charge is 0.497 e. The van der Waals surface area contributed by atoms with E-state index >= 15 is 0 Å². The summed E-state index contributed by atoms with van der Waals surface area (Å²) in [6.07, 6.45) is 1.49. The number of hydrogen-bond acceptors (Lipinski definition) is 9. The zero-order valence-corrected chi connectivity index (χ0v) is 13.4. The van der Waals surface area contributed by atoms with Crippen molar-refractivity contribution in [2.45, 2.75) is 6.92 Å². The highest BCUT2D eigenvalue weighted by molar-refractivity contribution is 5.94. The van der Waals surface area contributed by atoms with E-state index < -0.39 is 5.91 Å². The third-order valence-electron chi connectivity index (χ3n) is 3.28. The Morgan fingerprint density at radius 3 is 3.00 bits per heavy atom. The SMILES string of the molecule is COc1cccc(C=NNC(=O)c2nnn(-c3nonc3N)c2C)c1. The Kier molecular flexibility index (Phi) is 4.37. The Bertz CT molecular complexity index is 930. The van der Waals surface area contributed by atoms with E-state index in [2.05, 4.69) is 35.8 Å². The van der Waals surface area contributed by atoms with Crippen LogP contribution in [0.2, 0.25) is 0 Å². The standard InChI is InChI=1S/C14H14N8O3/c1-8-11(17-21-22(8)13-12(15)19-25-20-13)14(23)18-16-7-9-4-3-5-10(6-9)24-2/h3-7H,1-2H3,(H2,15,19)(H,18,23). The predicted octanol–water partition coefficient (Wildman–Crippen LogP) is 0.313. The molecule has 1 aromatic carbocycles. The fourth-order valence-corrected chi connectivity index (χ4v) is 2.02. The molecule has 25 heavy (non-hydrogen) atoms. The van der Waals surface area contributed by atoms with Crippen LogP contribution in [0.25, 0.3) is 5.82 Å². The first kappa shape index (κ1) is 16.1. The van der Waals surface area contributed by atoms with Gasteiger partial charge in [0.15, 0.2) is 5.69 Å². The third kappa shape index (κ3) is 3.29. The Hall–Kier alpha value is -3.76. The van der Waals surface area contributed by atoms with Gasteiger partial charge in [-0.05, 0) is 34.9 Å². The number of rotatable bonds is 5. The molecule has 0 aliphatic heterocycles. The van der Waals surface area contributed by atoms with Gasteiger partial charge in [-0.15, -0.1) is 5.10 Å².